The summed E-state index contributed by atoms with van der Waals surface area (Å²) in [5.41, 5.74) is 7.27. The van der Waals surface area contributed by atoms with Gasteiger partial charge in [0.25, 0.3) is 0 Å². The summed E-state index contributed by atoms with van der Waals surface area (Å²) in [6.45, 7) is 4.75. The van der Waals surface area contributed by atoms with Gasteiger partial charge in [0.1, 0.15) is 12.4 Å². The van der Waals surface area contributed by atoms with E-state index in [4.69, 9.17) is 15.6 Å². The molecular formula is C12H17NO2. The van der Waals surface area contributed by atoms with Crippen molar-refractivity contribution in [2.75, 3.05) is 19.8 Å². The Morgan fingerprint density at radius 3 is 2.80 bits per heavy atom. The minimum absolute atomic E-state index is 0.123. The lowest BCUT2D eigenvalue weighted by Crippen LogP contribution is -2.10. The first kappa shape index (κ1) is 11.8. The molecule has 0 radical (unpaired) electrons. The van der Waals surface area contributed by atoms with Gasteiger partial charge in [-0.3, -0.25) is 0 Å². The number of hydrogen-bond acceptors (Lipinski definition) is 3. The van der Waals surface area contributed by atoms with Crippen molar-refractivity contribution in [3.63, 3.8) is 0 Å². The van der Waals surface area contributed by atoms with Gasteiger partial charge >= 0.3 is 0 Å². The molecule has 0 fully saturated rings. The Labute approximate surface area is 90.2 Å². The predicted octanol–water partition coefficient (Wildman–Crippen LogP) is 1.12. The van der Waals surface area contributed by atoms with Gasteiger partial charge in [0.05, 0.1) is 0 Å². The molecule has 3 nitrogen and oxygen atoms in total. The van der Waals surface area contributed by atoms with Crippen LogP contribution in [-0.4, -0.2) is 24.9 Å². The Bertz CT molecular complexity index is 323. The van der Waals surface area contributed by atoms with Crippen LogP contribution < -0.4 is 10.5 Å². The molecule has 0 saturated heterocycles. The molecular weight excluding hydrogens is 190 g/mol. The molecule has 1 aromatic rings. The molecule has 0 aromatic heterocycles. The topological polar surface area (TPSA) is 55.5 Å². The fraction of sp³-hybridized carbons (Fsp3) is 0.333. The van der Waals surface area contributed by atoms with Gasteiger partial charge in [-0.25, -0.2) is 0 Å². The first-order valence-electron chi connectivity index (χ1n) is 4.96. The van der Waals surface area contributed by atoms with E-state index in [1.807, 2.05) is 24.3 Å². The summed E-state index contributed by atoms with van der Waals surface area (Å²) in [6.07, 6.45) is 0.602. The maximum absolute atomic E-state index is 8.87. The van der Waals surface area contributed by atoms with E-state index in [0.717, 1.165) is 16.9 Å². The third-order valence-electron chi connectivity index (χ3n) is 2.07. The lowest BCUT2D eigenvalue weighted by Gasteiger charge is -2.11. The average Bonchev–Trinajstić information content (AvgIpc) is 2.28. The van der Waals surface area contributed by atoms with Crippen LogP contribution in [0.5, 0.6) is 5.75 Å². The van der Waals surface area contributed by atoms with Gasteiger partial charge < -0.3 is 15.6 Å². The molecule has 0 spiro atoms. The smallest absolute Gasteiger partial charge is 0.123 e. The molecule has 0 atom stereocenters. The summed E-state index contributed by atoms with van der Waals surface area (Å²) in [4.78, 5) is 0. The first-order chi connectivity index (χ1) is 7.27. The average molecular weight is 207 g/mol. The van der Waals surface area contributed by atoms with Gasteiger partial charge in [-0.2, -0.15) is 0 Å². The van der Waals surface area contributed by atoms with Crippen LogP contribution >= 0.6 is 0 Å². The molecule has 0 aliphatic rings. The minimum Gasteiger partial charge on any atom is -0.489 e. The van der Waals surface area contributed by atoms with Crippen LogP contribution in [0.25, 0.3) is 0 Å². The molecule has 1 aromatic carbocycles. The second-order valence-electron chi connectivity index (χ2n) is 3.32. The van der Waals surface area contributed by atoms with Gasteiger partial charge in [0.15, 0.2) is 0 Å². The molecule has 0 amide bonds. The number of benzene rings is 1. The zero-order valence-electron chi connectivity index (χ0n) is 8.78. The summed E-state index contributed by atoms with van der Waals surface area (Å²) >= 11 is 0. The van der Waals surface area contributed by atoms with Crippen LogP contribution in [-0.2, 0) is 6.42 Å². The third kappa shape index (κ3) is 3.73. The van der Waals surface area contributed by atoms with Gasteiger partial charge in [0, 0.05) is 13.2 Å². The first-order valence-corrected chi connectivity index (χ1v) is 4.96. The van der Waals surface area contributed by atoms with E-state index < -0.39 is 0 Å². The lowest BCUT2D eigenvalue weighted by molar-refractivity contribution is 0.294. The van der Waals surface area contributed by atoms with Crippen molar-refractivity contribution in [2.45, 2.75) is 6.42 Å². The summed E-state index contributed by atoms with van der Waals surface area (Å²) < 4.78 is 5.55. The molecule has 0 aliphatic heterocycles. The molecule has 0 saturated carbocycles. The highest BCUT2D eigenvalue weighted by Crippen LogP contribution is 2.18. The van der Waals surface area contributed by atoms with E-state index in [1.54, 1.807) is 0 Å². The lowest BCUT2D eigenvalue weighted by atomic mass is 10.1. The van der Waals surface area contributed by atoms with Crippen molar-refractivity contribution < 1.29 is 9.84 Å². The number of ether oxygens (including phenoxy) is 1. The Kier molecular flexibility index (Phi) is 4.87. The zero-order chi connectivity index (χ0) is 11.1. The maximum Gasteiger partial charge on any atom is 0.123 e. The number of aliphatic hydroxyl groups excluding tert-OH is 1. The van der Waals surface area contributed by atoms with Crippen molar-refractivity contribution in [3.05, 3.63) is 42.0 Å². The van der Waals surface area contributed by atoms with Gasteiger partial charge in [-0.1, -0.05) is 24.8 Å². The number of rotatable bonds is 6. The van der Waals surface area contributed by atoms with Crippen LogP contribution in [0.4, 0.5) is 0 Å². The molecule has 3 heteroatoms. The van der Waals surface area contributed by atoms with Gasteiger partial charge in [-0.05, 0) is 23.6 Å². The molecule has 3 N–H and O–H groups in total. The Morgan fingerprint density at radius 1 is 1.40 bits per heavy atom. The van der Waals surface area contributed by atoms with E-state index in [9.17, 15) is 0 Å². The Hall–Kier alpha value is -1.32. The van der Waals surface area contributed by atoms with Crippen molar-refractivity contribution >= 4 is 0 Å². The predicted molar refractivity (Wildman–Crippen MR) is 60.9 cm³/mol. The second kappa shape index (κ2) is 6.22. The number of aliphatic hydroxyl groups is 1. The monoisotopic (exact) mass is 207 g/mol. The third-order valence-corrected chi connectivity index (χ3v) is 2.07. The normalized spacial score (nSPS) is 10.0. The molecule has 1 rings (SSSR count). The van der Waals surface area contributed by atoms with E-state index >= 15 is 0 Å². The number of nitrogens with two attached hydrogens (primary N) is 1. The minimum atomic E-state index is 0.123. The molecule has 15 heavy (non-hydrogen) atoms. The largest absolute Gasteiger partial charge is 0.489 e. The standard InChI is InChI=1S/C12H17NO2/c1-10(8-13)9-15-12-5-3-2-4-11(12)6-7-14/h2-5,14H,1,6-9,13H2. The molecule has 82 valence electrons. The van der Waals surface area contributed by atoms with E-state index in [0.29, 0.717) is 19.6 Å². The Balaban J connectivity index is 2.62. The summed E-state index contributed by atoms with van der Waals surface area (Å²) in [6, 6.07) is 7.66. The van der Waals surface area contributed by atoms with Crippen molar-refractivity contribution in [1.29, 1.82) is 0 Å². The number of hydrogen-bond donors (Lipinski definition) is 2. The SMILES string of the molecule is C=C(CN)COc1ccccc1CCO. The second-order valence-corrected chi connectivity index (χ2v) is 3.32. The van der Waals surface area contributed by atoms with E-state index in [2.05, 4.69) is 6.58 Å². The summed E-state index contributed by atoms with van der Waals surface area (Å²) in [7, 11) is 0. The van der Waals surface area contributed by atoms with Crippen molar-refractivity contribution in [1.82, 2.24) is 0 Å². The zero-order valence-corrected chi connectivity index (χ0v) is 8.78. The van der Waals surface area contributed by atoms with Crippen molar-refractivity contribution in [2.24, 2.45) is 5.73 Å². The fourth-order valence-electron chi connectivity index (χ4n) is 1.21. The highest BCUT2D eigenvalue weighted by Gasteiger charge is 2.02. The molecule has 0 bridgehead atoms. The van der Waals surface area contributed by atoms with Gasteiger partial charge in [0.2, 0.25) is 0 Å². The van der Waals surface area contributed by atoms with Crippen LogP contribution in [0, 0.1) is 0 Å². The van der Waals surface area contributed by atoms with Crippen molar-refractivity contribution in [3.8, 4) is 5.75 Å². The highest BCUT2D eigenvalue weighted by atomic mass is 16.5. The van der Waals surface area contributed by atoms with E-state index in [1.165, 1.54) is 0 Å². The molecule has 0 heterocycles. The van der Waals surface area contributed by atoms with E-state index in [-0.39, 0.29) is 6.61 Å². The van der Waals surface area contributed by atoms with Crippen LogP contribution in [0.3, 0.4) is 0 Å². The maximum atomic E-state index is 8.87. The summed E-state index contributed by atoms with van der Waals surface area (Å²) in [5.74, 6) is 0.793. The molecule has 0 aliphatic carbocycles. The van der Waals surface area contributed by atoms with Crippen LogP contribution in [0.1, 0.15) is 5.56 Å². The highest BCUT2D eigenvalue weighted by molar-refractivity contribution is 5.33. The quantitative estimate of drug-likeness (QED) is 0.687. The van der Waals surface area contributed by atoms with Gasteiger partial charge in [-0.15, -0.1) is 0 Å². The Morgan fingerprint density at radius 2 is 2.13 bits per heavy atom. The van der Waals surface area contributed by atoms with Crippen LogP contribution in [0.15, 0.2) is 36.4 Å². The summed E-state index contributed by atoms with van der Waals surface area (Å²) in [5, 5.41) is 8.87. The number of para-hydroxylation sites is 1. The molecule has 0 unspecified atom stereocenters. The fourth-order valence-corrected chi connectivity index (χ4v) is 1.21. The van der Waals surface area contributed by atoms with Crippen LogP contribution in [0.2, 0.25) is 0 Å².